The molecule has 0 bridgehead atoms. The third-order valence-corrected chi connectivity index (χ3v) is 2.40. The first-order chi connectivity index (χ1) is 9.66. The van der Waals surface area contributed by atoms with Gasteiger partial charge in [0.05, 0.1) is 13.2 Å². The molecular formula is C9H13F3N4O5. The second-order valence-electron chi connectivity index (χ2n) is 3.95. The summed E-state index contributed by atoms with van der Waals surface area (Å²) in [7, 11) is 0. The van der Waals surface area contributed by atoms with Crippen molar-refractivity contribution in [3.8, 4) is 0 Å². The Morgan fingerprint density at radius 2 is 2.05 bits per heavy atom. The highest BCUT2D eigenvalue weighted by atomic mass is 19.4. The van der Waals surface area contributed by atoms with Crippen LogP contribution in [-0.2, 0) is 16.1 Å². The topological polar surface area (TPSA) is 131 Å². The molecule has 9 nitrogen and oxygen atoms in total. The lowest BCUT2D eigenvalue weighted by molar-refractivity contribution is -0.192. The molecule has 0 saturated carbocycles. The van der Waals surface area contributed by atoms with Crippen LogP contribution < -0.4 is 0 Å². The maximum Gasteiger partial charge on any atom is 0.490 e. The minimum absolute atomic E-state index is 0.104. The standard InChI is InChI=1S/C7H12N4O3.C2HF3O2/c1-2-11-9-7(8-10-11)6-5(13)4(12)3-14-6;3-2(4,5)1(6)7/h4-6,12-13H,2-3H2,1H3;(H,6,7). The Morgan fingerprint density at radius 1 is 1.48 bits per heavy atom. The third-order valence-electron chi connectivity index (χ3n) is 2.40. The Hall–Kier alpha value is -1.79. The van der Waals surface area contributed by atoms with Crippen LogP contribution >= 0.6 is 0 Å². The number of hydrogen-bond acceptors (Lipinski definition) is 7. The van der Waals surface area contributed by atoms with Crippen molar-refractivity contribution in [1.29, 1.82) is 0 Å². The van der Waals surface area contributed by atoms with Crippen LogP contribution in [0.5, 0.6) is 0 Å². The molecule has 0 aromatic carbocycles. The van der Waals surface area contributed by atoms with Gasteiger partial charge in [-0.05, 0) is 12.1 Å². The van der Waals surface area contributed by atoms with Crippen LogP contribution in [0.15, 0.2) is 0 Å². The SMILES string of the molecule is CCn1nnc(C2OCC(O)C2O)n1.O=C(O)C(F)(F)F. The summed E-state index contributed by atoms with van der Waals surface area (Å²) < 4.78 is 36.9. The lowest BCUT2D eigenvalue weighted by atomic mass is 10.1. The highest BCUT2D eigenvalue weighted by Gasteiger charge is 2.39. The number of aryl methyl sites for hydroxylation is 1. The number of carboxylic acids is 1. The number of ether oxygens (including phenoxy) is 1. The van der Waals surface area contributed by atoms with Gasteiger partial charge in [-0.2, -0.15) is 18.0 Å². The van der Waals surface area contributed by atoms with Gasteiger partial charge < -0.3 is 20.1 Å². The molecule has 2 heterocycles. The first-order valence-electron chi connectivity index (χ1n) is 5.72. The molecule has 120 valence electrons. The Morgan fingerprint density at radius 3 is 2.38 bits per heavy atom. The molecule has 1 aliphatic rings. The fourth-order valence-electron chi connectivity index (χ4n) is 1.33. The van der Waals surface area contributed by atoms with E-state index in [0.29, 0.717) is 12.4 Å². The smallest absolute Gasteiger partial charge is 0.475 e. The average molecular weight is 314 g/mol. The second kappa shape index (κ2) is 6.78. The Kier molecular flexibility index (Phi) is 5.57. The van der Waals surface area contributed by atoms with Crippen LogP contribution in [0.3, 0.4) is 0 Å². The van der Waals surface area contributed by atoms with Gasteiger partial charge in [0.15, 0.2) is 0 Å². The molecule has 3 atom stereocenters. The zero-order chi connectivity index (χ0) is 16.2. The number of carboxylic acid groups (broad SMARTS) is 1. The summed E-state index contributed by atoms with van der Waals surface area (Å²) in [6, 6.07) is 0. The van der Waals surface area contributed by atoms with E-state index >= 15 is 0 Å². The maximum absolute atomic E-state index is 10.6. The number of rotatable bonds is 2. The summed E-state index contributed by atoms with van der Waals surface area (Å²) in [5, 5.41) is 37.3. The van der Waals surface area contributed by atoms with Crippen molar-refractivity contribution in [2.75, 3.05) is 6.61 Å². The van der Waals surface area contributed by atoms with E-state index in [9.17, 15) is 23.4 Å². The lowest BCUT2D eigenvalue weighted by Gasteiger charge is -2.09. The van der Waals surface area contributed by atoms with Crippen molar-refractivity contribution < 1.29 is 38.0 Å². The van der Waals surface area contributed by atoms with Gasteiger partial charge in [0.2, 0.25) is 5.82 Å². The van der Waals surface area contributed by atoms with Crippen LogP contribution in [0.25, 0.3) is 0 Å². The maximum atomic E-state index is 10.6. The van der Waals surface area contributed by atoms with Crippen molar-refractivity contribution in [3.05, 3.63) is 5.82 Å². The molecule has 0 spiro atoms. The van der Waals surface area contributed by atoms with Crippen molar-refractivity contribution in [2.24, 2.45) is 0 Å². The van der Waals surface area contributed by atoms with Crippen LogP contribution in [-0.4, -0.2) is 66.5 Å². The number of alkyl halides is 3. The number of nitrogens with zero attached hydrogens (tertiary/aromatic N) is 4. The quantitative estimate of drug-likeness (QED) is 0.641. The zero-order valence-electron chi connectivity index (χ0n) is 10.7. The molecule has 12 heteroatoms. The normalized spacial score (nSPS) is 25.3. The summed E-state index contributed by atoms with van der Waals surface area (Å²) in [6.07, 6.45) is -7.58. The zero-order valence-corrected chi connectivity index (χ0v) is 10.7. The van der Waals surface area contributed by atoms with E-state index < -0.39 is 30.5 Å². The number of aromatic nitrogens is 4. The summed E-state index contributed by atoms with van der Waals surface area (Å²) >= 11 is 0. The van der Waals surface area contributed by atoms with Gasteiger partial charge in [0.25, 0.3) is 0 Å². The fraction of sp³-hybridized carbons (Fsp3) is 0.778. The molecule has 1 aromatic heterocycles. The Bertz CT molecular complexity index is 480. The summed E-state index contributed by atoms with van der Waals surface area (Å²) in [6.45, 7) is 2.59. The van der Waals surface area contributed by atoms with Gasteiger partial charge in [-0.15, -0.1) is 10.2 Å². The van der Waals surface area contributed by atoms with E-state index in [2.05, 4.69) is 15.4 Å². The van der Waals surface area contributed by atoms with Crippen LogP contribution in [0.2, 0.25) is 0 Å². The first-order valence-corrected chi connectivity index (χ1v) is 5.72. The average Bonchev–Trinajstić information content (AvgIpc) is 2.97. The first kappa shape index (κ1) is 17.3. The minimum atomic E-state index is -5.08. The third kappa shape index (κ3) is 4.61. The molecule has 3 unspecified atom stereocenters. The summed E-state index contributed by atoms with van der Waals surface area (Å²) in [5.41, 5.74) is 0. The van der Waals surface area contributed by atoms with Gasteiger partial charge in [-0.3, -0.25) is 0 Å². The molecule has 0 aliphatic carbocycles. The van der Waals surface area contributed by atoms with Gasteiger partial charge in [0.1, 0.15) is 18.3 Å². The van der Waals surface area contributed by atoms with Crippen LogP contribution in [0.1, 0.15) is 18.9 Å². The largest absolute Gasteiger partial charge is 0.490 e. The molecule has 21 heavy (non-hydrogen) atoms. The van der Waals surface area contributed by atoms with Crippen molar-refractivity contribution in [2.45, 2.75) is 38.0 Å². The van der Waals surface area contributed by atoms with E-state index in [0.717, 1.165) is 0 Å². The van der Waals surface area contributed by atoms with E-state index in [4.69, 9.17) is 14.6 Å². The predicted octanol–water partition coefficient (Wildman–Crippen LogP) is -0.881. The molecule has 0 amide bonds. The molecule has 1 saturated heterocycles. The number of aliphatic hydroxyl groups excluding tert-OH is 2. The highest BCUT2D eigenvalue weighted by Crippen LogP contribution is 2.26. The van der Waals surface area contributed by atoms with Crippen molar-refractivity contribution in [1.82, 2.24) is 20.2 Å². The molecule has 1 fully saturated rings. The van der Waals surface area contributed by atoms with Crippen molar-refractivity contribution >= 4 is 5.97 Å². The fourth-order valence-corrected chi connectivity index (χ4v) is 1.33. The number of aliphatic hydroxyl groups is 2. The van der Waals surface area contributed by atoms with Crippen molar-refractivity contribution in [3.63, 3.8) is 0 Å². The van der Waals surface area contributed by atoms with Gasteiger partial charge in [0, 0.05) is 0 Å². The number of tetrazole rings is 1. The van der Waals surface area contributed by atoms with E-state index in [-0.39, 0.29) is 6.61 Å². The molecular weight excluding hydrogens is 301 g/mol. The van der Waals surface area contributed by atoms with Gasteiger partial charge in [-0.25, -0.2) is 4.79 Å². The Labute approximate surface area is 115 Å². The van der Waals surface area contributed by atoms with Crippen LogP contribution in [0.4, 0.5) is 13.2 Å². The van der Waals surface area contributed by atoms with Gasteiger partial charge >= 0.3 is 12.1 Å². The number of halogens is 3. The molecule has 0 radical (unpaired) electrons. The second-order valence-corrected chi connectivity index (χ2v) is 3.95. The number of hydrogen-bond donors (Lipinski definition) is 3. The minimum Gasteiger partial charge on any atom is -0.475 e. The molecule has 1 aliphatic heterocycles. The van der Waals surface area contributed by atoms with E-state index in [1.54, 1.807) is 0 Å². The lowest BCUT2D eigenvalue weighted by Crippen LogP contribution is -2.25. The summed E-state index contributed by atoms with van der Waals surface area (Å²) in [5.74, 6) is -2.44. The summed E-state index contributed by atoms with van der Waals surface area (Å²) in [4.78, 5) is 10.3. The molecule has 2 rings (SSSR count). The van der Waals surface area contributed by atoms with E-state index in [1.807, 2.05) is 6.92 Å². The molecule has 3 N–H and O–H groups in total. The van der Waals surface area contributed by atoms with Crippen LogP contribution in [0, 0.1) is 0 Å². The predicted molar refractivity (Wildman–Crippen MR) is 57.9 cm³/mol. The van der Waals surface area contributed by atoms with Gasteiger partial charge in [-0.1, -0.05) is 0 Å². The number of aliphatic carboxylic acids is 1. The monoisotopic (exact) mass is 314 g/mol. The molecule has 1 aromatic rings. The Balaban J connectivity index is 0.000000270. The highest BCUT2D eigenvalue weighted by molar-refractivity contribution is 5.73. The number of carbonyl (C=O) groups is 1. The van der Waals surface area contributed by atoms with E-state index in [1.165, 1.54) is 4.80 Å².